The molecule has 3 aliphatic rings. The van der Waals surface area contributed by atoms with Crippen LogP contribution < -0.4 is 5.73 Å². The molecule has 2 aromatic carbocycles. The molecule has 5 nitrogen and oxygen atoms in total. The highest BCUT2D eigenvalue weighted by Crippen LogP contribution is 2.62. The van der Waals surface area contributed by atoms with Crippen LogP contribution >= 0.6 is 0 Å². The molecule has 2 N–H and O–H groups in total. The number of nitriles is 1. The van der Waals surface area contributed by atoms with Gasteiger partial charge in [0.15, 0.2) is 5.66 Å². The molecule has 0 saturated heterocycles. The third-order valence-corrected chi connectivity index (χ3v) is 7.15. The van der Waals surface area contributed by atoms with E-state index in [4.69, 9.17) is 24.6 Å². The van der Waals surface area contributed by atoms with Crippen molar-refractivity contribution in [3.8, 4) is 17.2 Å². The molecule has 31 heavy (non-hydrogen) atoms. The van der Waals surface area contributed by atoms with Crippen molar-refractivity contribution in [2.45, 2.75) is 50.8 Å². The predicted molar refractivity (Wildman–Crippen MR) is 118 cm³/mol. The molecule has 0 bridgehead atoms. The topological polar surface area (TPSA) is 83.8 Å². The van der Waals surface area contributed by atoms with Gasteiger partial charge >= 0.3 is 0 Å². The van der Waals surface area contributed by atoms with Gasteiger partial charge in [-0.25, -0.2) is 9.38 Å². The van der Waals surface area contributed by atoms with Gasteiger partial charge in [-0.05, 0) is 80.0 Å². The maximum absolute atomic E-state index is 14.1. The third-order valence-electron chi connectivity index (χ3n) is 7.15. The SMILES string of the molecule is [2H]C([2H])([2H])OC1CCC2(CC1)Cc1ccc(-c3cc(F)cc(C#N)c3)cc1C21N=C(C)C(N)=N1. The largest absolute Gasteiger partial charge is 0.382 e. The number of aliphatic imine (C=N–C) groups is 2. The summed E-state index contributed by atoms with van der Waals surface area (Å²) in [6.07, 6.45) is 3.00. The highest BCUT2D eigenvalue weighted by Gasteiger charge is 2.60. The van der Waals surface area contributed by atoms with Gasteiger partial charge in [0.1, 0.15) is 11.7 Å². The Balaban J connectivity index is 1.57. The lowest BCUT2D eigenvalue weighted by Crippen LogP contribution is -2.43. The summed E-state index contributed by atoms with van der Waals surface area (Å²) in [7, 11) is -2.42. The molecule has 1 atom stereocenters. The summed E-state index contributed by atoms with van der Waals surface area (Å²) in [6.45, 7) is 1.85. The van der Waals surface area contributed by atoms with Gasteiger partial charge in [0.05, 0.1) is 27.6 Å². The Hall–Kier alpha value is -3.04. The standard InChI is InChI=1S/C25H25FN4O/c1-15-23(28)30-25(29-15)22-12-17(19-9-16(14-27)10-20(26)11-19)3-4-18(22)13-24(25)7-5-21(31-2)6-8-24/h3-4,9-12,21H,5-8,13H2,1-2H3,(H2,28,30)/i2D3. The van der Waals surface area contributed by atoms with Crippen molar-refractivity contribution in [3.63, 3.8) is 0 Å². The summed E-state index contributed by atoms with van der Waals surface area (Å²) in [6, 6.07) is 12.2. The number of halogens is 1. The molecule has 0 aromatic heterocycles. The van der Waals surface area contributed by atoms with E-state index in [0.29, 0.717) is 42.8 Å². The van der Waals surface area contributed by atoms with E-state index in [0.717, 1.165) is 23.1 Å². The Labute approximate surface area is 185 Å². The van der Waals surface area contributed by atoms with Crippen LogP contribution in [0.3, 0.4) is 0 Å². The van der Waals surface area contributed by atoms with E-state index in [1.807, 2.05) is 31.2 Å². The van der Waals surface area contributed by atoms with E-state index < -0.39 is 18.5 Å². The number of hydrogen-bond acceptors (Lipinski definition) is 5. The molecule has 2 aromatic rings. The van der Waals surface area contributed by atoms with Gasteiger partial charge in [-0.2, -0.15) is 5.26 Å². The van der Waals surface area contributed by atoms with E-state index >= 15 is 0 Å². The van der Waals surface area contributed by atoms with E-state index in [1.54, 1.807) is 6.07 Å². The molecule has 1 saturated carbocycles. The molecule has 6 heteroatoms. The van der Waals surface area contributed by atoms with Crippen molar-refractivity contribution in [3.05, 3.63) is 58.9 Å². The van der Waals surface area contributed by atoms with Crippen LogP contribution in [0.1, 0.15) is 53.4 Å². The number of ether oxygens (including phenoxy) is 1. The Morgan fingerprint density at radius 1 is 1.19 bits per heavy atom. The zero-order chi connectivity index (χ0) is 24.3. The molecule has 1 unspecified atom stereocenters. The lowest BCUT2D eigenvalue weighted by molar-refractivity contribution is -0.000372. The van der Waals surface area contributed by atoms with Crippen molar-refractivity contribution in [2.75, 3.05) is 7.04 Å². The maximum atomic E-state index is 14.1. The average molecular weight is 420 g/mol. The number of rotatable bonds is 2. The van der Waals surface area contributed by atoms with Gasteiger partial charge in [-0.3, -0.25) is 4.99 Å². The quantitative estimate of drug-likeness (QED) is 0.779. The van der Waals surface area contributed by atoms with Gasteiger partial charge in [-0.1, -0.05) is 12.1 Å². The first-order chi connectivity index (χ1) is 16.0. The second kappa shape index (κ2) is 7.00. The molecule has 1 heterocycles. The molecule has 1 aliphatic heterocycles. The van der Waals surface area contributed by atoms with Gasteiger partial charge < -0.3 is 10.5 Å². The van der Waals surface area contributed by atoms with Crippen molar-refractivity contribution >= 4 is 11.5 Å². The first kappa shape index (κ1) is 16.6. The molecule has 2 spiro atoms. The number of hydrogen-bond donors (Lipinski definition) is 1. The van der Waals surface area contributed by atoms with Crippen LogP contribution in [0, 0.1) is 22.6 Å². The summed E-state index contributed by atoms with van der Waals surface area (Å²) in [5, 5.41) is 9.26. The summed E-state index contributed by atoms with van der Waals surface area (Å²) < 4.78 is 41.8. The fourth-order valence-corrected chi connectivity index (χ4v) is 5.55. The van der Waals surface area contributed by atoms with Crippen LogP contribution in [-0.4, -0.2) is 24.7 Å². The van der Waals surface area contributed by atoms with Crippen LogP contribution in [0.5, 0.6) is 0 Å². The van der Waals surface area contributed by atoms with E-state index in [1.165, 1.54) is 12.1 Å². The van der Waals surface area contributed by atoms with Gasteiger partial charge in [-0.15, -0.1) is 0 Å². The highest BCUT2D eigenvalue weighted by molar-refractivity contribution is 6.41. The van der Waals surface area contributed by atoms with Crippen LogP contribution in [0.4, 0.5) is 4.39 Å². The maximum Gasteiger partial charge on any atom is 0.184 e. The highest BCUT2D eigenvalue weighted by atomic mass is 19.1. The van der Waals surface area contributed by atoms with Gasteiger partial charge in [0, 0.05) is 18.0 Å². The van der Waals surface area contributed by atoms with Crippen LogP contribution in [0.25, 0.3) is 11.1 Å². The first-order valence-corrected chi connectivity index (χ1v) is 10.5. The second-order valence-corrected chi connectivity index (χ2v) is 8.85. The minimum atomic E-state index is -2.42. The average Bonchev–Trinajstić information content (AvgIpc) is 3.21. The summed E-state index contributed by atoms with van der Waals surface area (Å²) in [5.41, 5.74) is 9.35. The van der Waals surface area contributed by atoms with Crippen molar-refractivity contribution < 1.29 is 13.2 Å². The van der Waals surface area contributed by atoms with E-state index in [-0.39, 0.29) is 17.1 Å². The Morgan fingerprint density at radius 3 is 2.68 bits per heavy atom. The summed E-state index contributed by atoms with van der Waals surface area (Å²) in [4.78, 5) is 9.93. The van der Waals surface area contributed by atoms with Crippen LogP contribution in [0.2, 0.25) is 0 Å². The number of fused-ring (bicyclic) bond motifs is 3. The molecule has 2 aliphatic carbocycles. The molecular formula is C25H25FN4O. The molecule has 5 rings (SSSR count). The molecule has 1 fully saturated rings. The number of nitrogens with two attached hydrogens (primary N) is 1. The summed E-state index contributed by atoms with van der Waals surface area (Å²) >= 11 is 0. The molecule has 158 valence electrons. The third kappa shape index (κ3) is 2.91. The molecule has 0 radical (unpaired) electrons. The number of nitrogens with zero attached hydrogens (tertiary/aromatic N) is 3. The number of benzene rings is 2. The summed E-state index contributed by atoms with van der Waals surface area (Å²) in [5.74, 6) is -0.0682. The predicted octanol–water partition coefficient (Wildman–Crippen LogP) is 4.48. The monoisotopic (exact) mass is 419 g/mol. The molecular weight excluding hydrogens is 391 g/mol. The number of amidine groups is 1. The first-order valence-electron chi connectivity index (χ1n) is 12.0. The lowest BCUT2D eigenvalue weighted by atomic mass is 9.65. The normalized spacial score (nSPS) is 30.9. The Morgan fingerprint density at radius 2 is 2.00 bits per heavy atom. The van der Waals surface area contributed by atoms with Crippen LogP contribution in [-0.2, 0) is 16.8 Å². The minimum Gasteiger partial charge on any atom is -0.382 e. The van der Waals surface area contributed by atoms with Gasteiger partial charge in [0.25, 0.3) is 0 Å². The van der Waals surface area contributed by atoms with E-state index in [9.17, 15) is 9.65 Å². The van der Waals surface area contributed by atoms with Crippen molar-refractivity contribution in [2.24, 2.45) is 21.1 Å². The lowest BCUT2D eigenvalue weighted by Gasteiger charge is -2.44. The Kier molecular flexibility index (Phi) is 3.75. The number of methoxy groups -OCH3 is 1. The Bertz CT molecular complexity index is 1250. The molecule has 0 amide bonds. The van der Waals surface area contributed by atoms with Crippen molar-refractivity contribution in [1.82, 2.24) is 0 Å². The zero-order valence-corrected chi connectivity index (χ0v) is 17.3. The fourth-order valence-electron chi connectivity index (χ4n) is 5.55. The van der Waals surface area contributed by atoms with Crippen LogP contribution in [0.15, 0.2) is 46.4 Å². The van der Waals surface area contributed by atoms with Crippen molar-refractivity contribution in [1.29, 1.82) is 5.26 Å². The minimum absolute atomic E-state index is 0.256. The zero-order valence-electron chi connectivity index (χ0n) is 20.3. The van der Waals surface area contributed by atoms with E-state index in [2.05, 4.69) is 0 Å². The van der Waals surface area contributed by atoms with Gasteiger partial charge in [0.2, 0.25) is 0 Å². The second-order valence-electron chi connectivity index (χ2n) is 8.85. The fraction of sp³-hybridized carbons (Fsp3) is 0.400. The smallest absolute Gasteiger partial charge is 0.184 e.